The van der Waals surface area contributed by atoms with Gasteiger partial charge in [-0.1, -0.05) is 6.42 Å². The van der Waals surface area contributed by atoms with E-state index in [1.165, 1.54) is 12.4 Å². The summed E-state index contributed by atoms with van der Waals surface area (Å²) in [5, 5.41) is 3.25. The molecule has 2 rings (SSSR count). The lowest BCUT2D eigenvalue weighted by molar-refractivity contribution is -0.138. The average molecular weight is 244 g/mol. The van der Waals surface area contributed by atoms with Crippen LogP contribution in [0.15, 0.2) is 18.5 Å². The monoisotopic (exact) mass is 244 g/mol. The molecule has 0 aromatic carbocycles. The van der Waals surface area contributed by atoms with Crippen LogP contribution in [0.25, 0.3) is 0 Å². The molecular formula is C12H15F3N2. The van der Waals surface area contributed by atoms with Gasteiger partial charge in [0.15, 0.2) is 0 Å². The van der Waals surface area contributed by atoms with E-state index in [0.29, 0.717) is 12.0 Å². The number of halogens is 3. The molecule has 0 spiro atoms. The molecule has 2 nitrogen and oxygen atoms in total. The summed E-state index contributed by atoms with van der Waals surface area (Å²) in [6.45, 7) is 0.895. The Bertz CT molecular complexity index is 370. The van der Waals surface area contributed by atoms with Crippen LogP contribution in [0.3, 0.4) is 0 Å². The van der Waals surface area contributed by atoms with Crippen LogP contribution in [0, 0.1) is 0 Å². The first-order valence-electron chi connectivity index (χ1n) is 5.81. The molecule has 0 radical (unpaired) electrons. The van der Waals surface area contributed by atoms with Crippen molar-refractivity contribution in [1.82, 2.24) is 10.3 Å². The number of nitrogens with one attached hydrogen (secondary N) is 1. The van der Waals surface area contributed by atoms with E-state index in [1.54, 1.807) is 0 Å². The second-order valence-corrected chi connectivity index (χ2v) is 4.38. The first-order chi connectivity index (χ1) is 8.07. The topological polar surface area (TPSA) is 24.9 Å². The molecule has 0 aliphatic carbocycles. The third-order valence-electron chi connectivity index (χ3n) is 3.09. The molecule has 94 valence electrons. The smallest absolute Gasteiger partial charge is 0.314 e. The van der Waals surface area contributed by atoms with Crippen LogP contribution in [-0.4, -0.2) is 17.6 Å². The molecule has 1 aromatic heterocycles. The summed E-state index contributed by atoms with van der Waals surface area (Å²) >= 11 is 0. The van der Waals surface area contributed by atoms with Gasteiger partial charge in [0.1, 0.15) is 0 Å². The van der Waals surface area contributed by atoms with Crippen LogP contribution in [0.1, 0.15) is 30.4 Å². The van der Waals surface area contributed by atoms with Gasteiger partial charge in [0.2, 0.25) is 0 Å². The van der Waals surface area contributed by atoms with Crippen LogP contribution in [0.5, 0.6) is 0 Å². The number of piperidine rings is 1. The van der Waals surface area contributed by atoms with Crippen molar-refractivity contribution in [1.29, 1.82) is 0 Å². The Morgan fingerprint density at radius 2 is 2.18 bits per heavy atom. The molecule has 17 heavy (non-hydrogen) atoms. The molecule has 1 fully saturated rings. The highest BCUT2D eigenvalue weighted by molar-refractivity contribution is 5.27. The number of aromatic nitrogens is 1. The van der Waals surface area contributed by atoms with Gasteiger partial charge in [-0.3, -0.25) is 4.98 Å². The fourth-order valence-corrected chi connectivity index (χ4v) is 2.23. The van der Waals surface area contributed by atoms with Crippen molar-refractivity contribution in [2.75, 3.05) is 6.54 Å². The maximum Gasteiger partial charge on any atom is 0.416 e. The molecule has 5 heteroatoms. The first kappa shape index (κ1) is 12.4. The van der Waals surface area contributed by atoms with E-state index in [2.05, 4.69) is 10.3 Å². The normalized spacial score (nSPS) is 21.5. The summed E-state index contributed by atoms with van der Waals surface area (Å²) in [6, 6.07) is 1.20. The Morgan fingerprint density at radius 1 is 1.35 bits per heavy atom. The molecule has 0 saturated carbocycles. The summed E-state index contributed by atoms with van der Waals surface area (Å²) < 4.78 is 38.3. The molecule has 1 aliphatic rings. The van der Waals surface area contributed by atoms with Gasteiger partial charge in [-0.25, -0.2) is 0 Å². The zero-order valence-electron chi connectivity index (χ0n) is 9.43. The molecule has 1 saturated heterocycles. The summed E-state index contributed by atoms with van der Waals surface area (Å²) in [5.74, 6) is 0. The van der Waals surface area contributed by atoms with Crippen molar-refractivity contribution in [3.63, 3.8) is 0 Å². The first-order valence-corrected chi connectivity index (χ1v) is 5.81. The minimum absolute atomic E-state index is 0.147. The minimum Gasteiger partial charge on any atom is -0.314 e. The number of hydrogen-bond donors (Lipinski definition) is 1. The predicted octanol–water partition coefficient (Wildman–Crippen LogP) is 2.79. The Balaban J connectivity index is 2.14. The second kappa shape index (κ2) is 5.04. The average Bonchev–Trinajstić information content (AvgIpc) is 2.30. The molecule has 0 amide bonds. The molecule has 0 bridgehead atoms. The zero-order chi connectivity index (χ0) is 12.3. The van der Waals surface area contributed by atoms with Crippen LogP contribution in [-0.2, 0) is 12.6 Å². The van der Waals surface area contributed by atoms with E-state index in [-0.39, 0.29) is 6.04 Å². The maximum absolute atomic E-state index is 12.8. The second-order valence-electron chi connectivity index (χ2n) is 4.38. The molecule has 1 aliphatic heterocycles. The standard InChI is InChI=1S/C12H15F3N2/c13-12(14,15)11-4-6-16-8-9(11)7-10-3-1-2-5-17-10/h4,6,8,10,17H,1-3,5,7H2. The van der Waals surface area contributed by atoms with Gasteiger partial charge >= 0.3 is 6.18 Å². The van der Waals surface area contributed by atoms with E-state index < -0.39 is 11.7 Å². The van der Waals surface area contributed by atoms with Crippen molar-refractivity contribution in [2.45, 2.75) is 37.9 Å². The third kappa shape index (κ3) is 3.19. The van der Waals surface area contributed by atoms with E-state index in [0.717, 1.165) is 31.9 Å². The lowest BCUT2D eigenvalue weighted by atomic mass is 9.96. The summed E-state index contributed by atoms with van der Waals surface area (Å²) in [7, 11) is 0. The lowest BCUT2D eigenvalue weighted by Crippen LogP contribution is -2.36. The zero-order valence-corrected chi connectivity index (χ0v) is 9.43. The Labute approximate surface area is 98.2 Å². The van der Waals surface area contributed by atoms with Gasteiger partial charge in [-0.05, 0) is 37.4 Å². The fraction of sp³-hybridized carbons (Fsp3) is 0.583. The highest BCUT2D eigenvalue weighted by Crippen LogP contribution is 2.32. The van der Waals surface area contributed by atoms with Crippen molar-refractivity contribution >= 4 is 0 Å². The third-order valence-corrected chi connectivity index (χ3v) is 3.09. The van der Waals surface area contributed by atoms with E-state index in [9.17, 15) is 13.2 Å². The molecule has 1 unspecified atom stereocenters. The van der Waals surface area contributed by atoms with Crippen molar-refractivity contribution < 1.29 is 13.2 Å². The Kier molecular flexibility index (Phi) is 3.66. The summed E-state index contributed by atoms with van der Waals surface area (Å²) in [6.07, 6.45) is 1.77. The number of rotatable bonds is 2. The van der Waals surface area contributed by atoms with E-state index >= 15 is 0 Å². The van der Waals surface area contributed by atoms with Gasteiger partial charge in [0, 0.05) is 18.4 Å². The van der Waals surface area contributed by atoms with Crippen molar-refractivity contribution in [3.8, 4) is 0 Å². The highest BCUT2D eigenvalue weighted by atomic mass is 19.4. The SMILES string of the molecule is FC(F)(F)c1ccncc1CC1CCCCN1. The number of hydrogen-bond acceptors (Lipinski definition) is 2. The summed E-state index contributed by atoms with van der Waals surface area (Å²) in [5.41, 5.74) is -0.265. The molecule has 2 heterocycles. The van der Waals surface area contributed by atoms with Gasteiger partial charge < -0.3 is 5.32 Å². The predicted molar refractivity (Wildman–Crippen MR) is 58.6 cm³/mol. The minimum atomic E-state index is -4.28. The largest absolute Gasteiger partial charge is 0.416 e. The number of alkyl halides is 3. The quantitative estimate of drug-likeness (QED) is 0.865. The fourth-order valence-electron chi connectivity index (χ4n) is 2.23. The summed E-state index contributed by atoms with van der Waals surface area (Å²) in [4.78, 5) is 3.80. The van der Waals surface area contributed by atoms with E-state index in [4.69, 9.17) is 0 Å². The highest BCUT2D eigenvalue weighted by Gasteiger charge is 2.33. The lowest BCUT2D eigenvalue weighted by Gasteiger charge is -2.24. The molecule has 1 atom stereocenters. The Morgan fingerprint density at radius 3 is 2.82 bits per heavy atom. The number of pyridine rings is 1. The van der Waals surface area contributed by atoms with Crippen LogP contribution >= 0.6 is 0 Å². The van der Waals surface area contributed by atoms with Crippen LogP contribution < -0.4 is 5.32 Å². The van der Waals surface area contributed by atoms with Gasteiger partial charge in [0.25, 0.3) is 0 Å². The molecule has 1 aromatic rings. The Hall–Kier alpha value is -1.10. The van der Waals surface area contributed by atoms with Gasteiger partial charge in [-0.2, -0.15) is 13.2 Å². The molecule has 1 N–H and O–H groups in total. The van der Waals surface area contributed by atoms with Crippen LogP contribution in [0.4, 0.5) is 13.2 Å². The van der Waals surface area contributed by atoms with Crippen molar-refractivity contribution in [2.24, 2.45) is 0 Å². The number of nitrogens with zero attached hydrogens (tertiary/aromatic N) is 1. The van der Waals surface area contributed by atoms with Crippen LogP contribution in [0.2, 0.25) is 0 Å². The van der Waals surface area contributed by atoms with E-state index in [1.807, 2.05) is 0 Å². The van der Waals surface area contributed by atoms with Gasteiger partial charge in [0.05, 0.1) is 5.56 Å². The maximum atomic E-state index is 12.8. The van der Waals surface area contributed by atoms with Crippen molar-refractivity contribution in [3.05, 3.63) is 29.6 Å². The van der Waals surface area contributed by atoms with Gasteiger partial charge in [-0.15, -0.1) is 0 Å². The molecular weight excluding hydrogens is 229 g/mol.